The second-order valence-electron chi connectivity index (χ2n) is 4.53. The van der Waals surface area contributed by atoms with Gasteiger partial charge in [0.25, 0.3) is 0 Å². The molecule has 0 amide bonds. The molecule has 2 rings (SSSR count). The third kappa shape index (κ3) is 2.29. The number of rotatable bonds is 2. The second kappa shape index (κ2) is 4.67. The molecule has 0 saturated carbocycles. The second-order valence-corrected chi connectivity index (χ2v) is 7.52. The van der Waals surface area contributed by atoms with E-state index in [4.69, 9.17) is 12.6 Å². The summed E-state index contributed by atoms with van der Waals surface area (Å²) in [5, 5.41) is 0.394. The summed E-state index contributed by atoms with van der Waals surface area (Å²) < 4.78 is 5.81. The van der Waals surface area contributed by atoms with Crippen molar-refractivity contribution in [2.24, 2.45) is 0 Å². The summed E-state index contributed by atoms with van der Waals surface area (Å²) in [5.41, 5.74) is 2.11. The van der Waals surface area contributed by atoms with E-state index in [0.717, 1.165) is 5.46 Å². The predicted molar refractivity (Wildman–Crippen MR) is 74.6 cm³/mol. The molecule has 16 heavy (non-hydrogen) atoms. The van der Waals surface area contributed by atoms with Crippen molar-refractivity contribution < 1.29 is 4.74 Å². The molecule has 0 N–H and O–H groups in total. The molecule has 1 nitrogen and oxygen atoms in total. The van der Waals surface area contributed by atoms with E-state index in [9.17, 15) is 0 Å². The predicted octanol–water partition coefficient (Wildman–Crippen LogP) is 2.71. The monoisotopic (exact) mass is 250 g/mol. The van der Waals surface area contributed by atoms with Crippen molar-refractivity contribution in [3.63, 3.8) is 0 Å². The van der Waals surface area contributed by atoms with Gasteiger partial charge >= 0.3 is 0 Å². The third-order valence-electron chi connectivity index (χ3n) is 2.85. The number of methoxy groups -OCH3 is 1. The minimum Gasteiger partial charge on any atom is -0.378 e. The Morgan fingerprint density at radius 1 is 1.25 bits per heavy atom. The smallest absolute Gasteiger partial charge is 0.113 e. The first-order chi connectivity index (χ1) is 7.54. The third-order valence-corrected chi connectivity index (χ3v) is 6.53. The Hall–Kier alpha value is -0.0551. The Bertz CT molecular complexity index is 364. The summed E-state index contributed by atoms with van der Waals surface area (Å²) in [6, 6.07) is 8.11. The average Bonchev–Trinajstić information content (AvgIpc) is 2.54. The van der Waals surface area contributed by atoms with Gasteiger partial charge in [0, 0.05) is 11.9 Å². The molecule has 1 aromatic carbocycles. The van der Waals surface area contributed by atoms with Crippen LogP contribution in [0, 0.1) is 0 Å². The largest absolute Gasteiger partial charge is 0.378 e. The van der Waals surface area contributed by atoms with Crippen molar-refractivity contribution in [1.82, 2.24) is 0 Å². The fourth-order valence-corrected chi connectivity index (χ4v) is 5.52. The van der Waals surface area contributed by atoms with Gasteiger partial charge in [0.15, 0.2) is 0 Å². The molecular weight excluding hydrogens is 235 g/mol. The summed E-state index contributed by atoms with van der Waals surface area (Å²) in [6.45, 7) is 4.46. The zero-order valence-electron chi connectivity index (χ0n) is 9.77. The van der Waals surface area contributed by atoms with E-state index in [1.165, 1.54) is 5.56 Å². The maximum Gasteiger partial charge on any atom is 0.113 e. The van der Waals surface area contributed by atoms with E-state index in [1.807, 2.05) is 33.7 Å². The van der Waals surface area contributed by atoms with Crippen LogP contribution in [0.25, 0.3) is 0 Å². The van der Waals surface area contributed by atoms with E-state index in [-0.39, 0.29) is 10.9 Å². The molecule has 4 heteroatoms. The van der Waals surface area contributed by atoms with Gasteiger partial charge in [-0.25, -0.2) is 0 Å². The molecule has 1 aliphatic heterocycles. The number of ether oxygens (including phenoxy) is 1. The van der Waals surface area contributed by atoms with Crippen LogP contribution in [0.2, 0.25) is 0 Å². The summed E-state index contributed by atoms with van der Waals surface area (Å²) in [6.07, 6.45) is 0.242. The molecule has 84 valence electrons. The van der Waals surface area contributed by atoms with Crippen LogP contribution in [0.1, 0.15) is 24.7 Å². The number of benzene rings is 1. The first kappa shape index (κ1) is 12.4. The minimum absolute atomic E-state index is 0.158. The van der Waals surface area contributed by atoms with Crippen LogP contribution >= 0.6 is 21.6 Å². The van der Waals surface area contributed by atoms with Crippen molar-refractivity contribution >= 4 is 34.9 Å². The Morgan fingerprint density at radius 2 is 1.88 bits per heavy atom. The first-order valence-corrected chi connectivity index (χ1v) is 7.48. The molecule has 0 aliphatic carbocycles. The summed E-state index contributed by atoms with van der Waals surface area (Å²) >= 11 is 0. The Morgan fingerprint density at radius 3 is 2.44 bits per heavy atom. The van der Waals surface area contributed by atoms with Gasteiger partial charge in [0.1, 0.15) is 7.85 Å². The van der Waals surface area contributed by atoms with E-state index < -0.39 is 0 Å². The molecule has 1 saturated heterocycles. The molecule has 1 aromatic rings. The highest BCUT2D eigenvalue weighted by Crippen LogP contribution is 2.58. The number of hydrogen-bond acceptors (Lipinski definition) is 3. The summed E-state index contributed by atoms with van der Waals surface area (Å²) in [5.74, 6) is 0. The summed E-state index contributed by atoms with van der Waals surface area (Å²) in [7, 11) is 11.3. The summed E-state index contributed by atoms with van der Waals surface area (Å²) in [4.78, 5) is 0. The molecule has 0 spiro atoms. The molecule has 1 heterocycles. The van der Waals surface area contributed by atoms with Crippen molar-refractivity contribution in [3.8, 4) is 0 Å². The van der Waals surface area contributed by atoms with E-state index in [2.05, 4.69) is 26.0 Å². The van der Waals surface area contributed by atoms with E-state index in [0.29, 0.717) is 5.25 Å². The van der Waals surface area contributed by atoms with Gasteiger partial charge in [-0.1, -0.05) is 51.3 Å². The van der Waals surface area contributed by atoms with Crippen LogP contribution in [0.4, 0.5) is 0 Å². The van der Waals surface area contributed by atoms with Gasteiger partial charge in [-0.2, -0.15) is 0 Å². The minimum atomic E-state index is 0.158. The Labute approximate surface area is 107 Å². The van der Waals surface area contributed by atoms with E-state index >= 15 is 0 Å². The molecule has 0 bridgehead atoms. The molecule has 2 atom stereocenters. The van der Waals surface area contributed by atoms with Gasteiger partial charge in [0.2, 0.25) is 0 Å². The zero-order valence-corrected chi connectivity index (χ0v) is 11.4. The molecule has 2 radical (unpaired) electrons. The molecule has 1 fully saturated rings. The first-order valence-electron chi connectivity index (χ1n) is 5.27. The van der Waals surface area contributed by atoms with Gasteiger partial charge in [-0.15, -0.1) is 0 Å². The average molecular weight is 250 g/mol. The van der Waals surface area contributed by atoms with Gasteiger partial charge < -0.3 is 4.74 Å². The SMILES string of the molecule is [B]c1ccc(C2SSC(C)(C)C2OC)cc1. The van der Waals surface area contributed by atoms with Crippen LogP contribution in [0.15, 0.2) is 24.3 Å². The van der Waals surface area contributed by atoms with E-state index in [1.54, 1.807) is 7.11 Å². The van der Waals surface area contributed by atoms with Crippen LogP contribution in [0.3, 0.4) is 0 Å². The topological polar surface area (TPSA) is 9.23 Å². The molecule has 2 unspecified atom stereocenters. The lowest BCUT2D eigenvalue weighted by Crippen LogP contribution is -2.33. The maximum atomic E-state index is 5.70. The highest BCUT2D eigenvalue weighted by atomic mass is 33.1. The van der Waals surface area contributed by atoms with Crippen molar-refractivity contribution in [2.45, 2.75) is 29.9 Å². The zero-order chi connectivity index (χ0) is 11.8. The van der Waals surface area contributed by atoms with Crippen LogP contribution in [0.5, 0.6) is 0 Å². The molecule has 1 aliphatic rings. The van der Waals surface area contributed by atoms with Crippen LogP contribution in [-0.4, -0.2) is 25.8 Å². The maximum absolute atomic E-state index is 5.70. The van der Waals surface area contributed by atoms with Crippen molar-refractivity contribution in [1.29, 1.82) is 0 Å². The van der Waals surface area contributed by atoms with Gasteiger partial charge in [-0.3, -0.25) is 0 Å². The van der Waals surface area contributed by atoms with Gasteiger partial charge in [0.05, 0.1) is 11.4 Å². The Kier molecular flexibility index (Phi) is 3.62. The normalized spacial score (nSPS) is 28.2. The molecular formula is C12H15BOS2. The fourth-order valence-electron chi connectivity index (χ4n) is 1.96. The van der Waals surface area contributed by atoms with Crippen LogP contribution in [-0.2, 0) is 4.74 Å². The highest BCUT2D eigenvalue weighted by molar-refractivity contribution is 8.77. The molecule has 0 aromatic heterocycles. The highest BCUT2D eigenvalue weighted by Gasteiger charge is 2.44. The number of hydrogen-bond donors (Lipinski definition) is 0. The quantitative estimate of drug-likeness (QED) is 0.590. The van der Waals surface area contributed by atoms with Gasteiger partial charge in [-0.05, 0) is 19.4 Å². The van der Waals surface area contributed by atoms with Crippen molar-refractivity contribution in [3.05, 3.63) is 29.8 Å². The standard InChI is InChI=1S/C12H15BOS2/c1-12(2)11(14-3)10(15-16-12)8-4-6-9(13)7-5-8/h4-7,10-11H,1-3H3. The lowest BCUT2D eigenvalue weighted by atomic mass is 9.92. The van der Waals surface area contributed by atoms with Crippen LogP contribution < -0.4 is 5.46 Å². The fraction of sp³-hybridized carbons (Fsp3) is 0.500. The van der Waals surface area contributed by atoms with Crippen molar-refractivity contribution in [2.75, 3.05) is 7.11 Å². The lowest BCUT2D eigenvalue weighted by molar-refractivity contribution is 0.0792. The Balaban J connectivity index is 2.25. The lowest BCUT2D eigenvalue weighted by Gasteiger charge is -2.27.